The van der Waals surface area contributed by atoms with Gasteiger partial charge in [0.15, 0.2) is 14.6 Å². The van der Waals surface area contributed by atoms with Crippen molar-refractivity contribution in [2.24, 2.45) is 0 Å². The molecular formula is C18H29Cl2N3O4S. The fourth-order valence-electron chi connectivity index (χ4n) is 3.90. The maximum Gasteiger partial charge on any atom is 0.241 e. The first kappa shape index (κ1) is 24.8. The number of carbonyl (C=O) groups is 1. The van der Waals surface area contributed by atoms with Crippen molar-refractivity contribution in [3.05, 3.63) is 24.3 Å². The normalized spacial score (nSPS) is 21.2. The molecule has 0 radical (unpaired) electrons. The van der Waals surface area contributed by atoms with Crippen molar-refractivity contribution in [3.8, 4) is 5.75 Å². The summed E-state index contributed by atoms with van der Waals surface area (Å²) in [7, 11) is -1.85. The van der Waals surface area contributed by atoms with Crippen LogP contribution in [0.15, 0.2) is 24.3 Å². The van der Waals surface area contributed by atoms with E-state index in [4.69, 9.17) is 4.74 Å². The van der Waals surface area contributed by atoms with E-state index in [1.807, 2.05) is 24.3 Å². The Labute approximate surface area is 179 Å². The molecule has 2 heterocycles. The van der Waals surface area contributed by atoms with Gasteiger partial charge >= 0.3 is 0 Å². The number of rotatable bonds is 5. The van der Waals surface area contributed by atoms with E-state index in [1.165, 1.54) is 6.26 Å². The summed E-state index contributed by atoms with van der Waals surface area (Å²) in [6.45, 7) is 2.51. The van der Waals surface area contributed by atoms with Gasteiger partial charge in [0, 0.05) is 25.4 Å². The number of anilines is 1. The molecule has 3 rings (SSSR count). The number of piperidine rings is 1. The van der Waals surface area contributed by atoms with Gasteiger partial charge in [-0.3, -0.25) is 4.79 Å². The molecule has 1 atom stereocenters. The second-order valence-corrected chi connectivity index (χ2v) is 9.42. The summed E-state index contributed by atoms with van der Waals surface area (Å²) in [6, 6.07) is 7.71. The van der Waals surface area contributed by atoms with Crippen LogP contribution in [0.4, 0.5) is 5.69 Å². The van der Waals surface area contributed by atoms with E-state index in [-0.39, 0.29) is 36.8 Å². The van der Waals surface area contributed by atoms with E-state index in [0.717, 1.165) is 24.4 Å². The molecule has 2 saturated heterocycles. The molecule has 2 aliphatic heterocycles. The predicted octanol–water partition coefficient (Wildman–Crippen LogP) is 1.40. The number of benzene rings is 1. The van der Waals surface area contributed by atoms with Gasteiger partial charge in [-0.25, -0.2) is 8.42 Å². The van der Waals surface area contributed by atoms with E-state index in [9.17, 15) is 13.2 Å². The number of hydrogen-bond donors (Lipinski definition) is 2. The molecule has 2 N–H and O–H groups in total. The Morgan fingerprint density at radius 3 is 2.50 bits per heavy atom. The lowest BCUT2D eigenvalue weighted by Gasteiger charge is -2.35. The molecule has 2 aliphatic rings. The van der Waals surface area contributed by atoms with Crippen LogP contribution in [0.25, 0.3) is 0 Å². The number of carbonyl (C=O) groups excluding carboxylic acids is 1. The minimum absolute atomic E-state index is 0. The van der Waals surface area contributed by atoms with Gasteiger partial charge in [-0.05, 0) is 44.5 Å². The number of methoxy groups -OCH3 is 1. The summed E-state index contributed by atoms with van der Waals surface area (Å²) in [5.74, 6) is 0.443. The lowest BCUT2D eigenvalue weighted by molar-refractivity contribution is -0.124. The summed E-state index contributed by atoms with van der Waals surface area (Å²) in [6.07, 6.45) is 2.59. The zero-order valence-electron chi connectivity index (χ0n) is 16.1. The van der Waals surface area contributed by atoms with E-state index < -0.39 is 14.6 Å². The molecule has 2 fully saturated rings. The molecule has 0 saturated carbocycles. The van der Waals surface area contributed by atoms with Gasteiger partial charge in [0.1, 0.15) is 5.75 Å². The van der Waals surface area contributed by atoms with Gasteiger partial charge in [0.25, 0.3) is 0 Å². The second-order valence-electron chi connectivity index (χ2n) is 7.09. The zero-order valence-corrected chi connectivity index (χ0v) is 18.6. The monoisotopic (exact) mass is 453 g/mol. The number of nitrogens with one attached hydrogen (secondary N) is 2. The first-order chi connectivity index (χ1) is 12.4. The Balaban J connectivity index is 0.00000196. The van der Waals surface area contributed by atoms with Crippen molar-refractivity contribution in [2.75, 3.05) is 44.4 Å². The van der Waals surface area contributed by atoms with E-state index in [2.05, 4.69) is 15.5 Å². The molecule has 1 unspecified atom stereocenters. The molecule has 0 bridgehead atoms. The van der Waals surface area contributed by atoms with E-state index >= 15 is 0 Å². The minimum Gasteiger partial charge on any atom is -0.495 e. The number of hydrogen-bond acceptors (Lipinski definition) is 6. The number of halogens is 2. The maximum absolute atomic E-state index is 12.9. The summed E-state index contributed by atoms with van der Waals surface area (Å²) in [5.41, 5.74) is 0.992. The Morgan fingerprint density at radius 2 is 1.89 bits per heavy atom. The molecule has 0 aromatic heterocycles. The number of ether oxygens (including phenoxy) is 1. The summed E-state index contributed by atoms with van der Waals surface area (Å²) in [4.78, 5) is 15.1. The van der Waals surface area contributed by atoms with Crippen LogP contribution in [0.5, 0.6) is 5.75 Å². The first-order valence-corrected chi connectivity index (χ1v) is 10.9. The molecule has 0 aliphatic carbocycles. The first-order valence-electron chi connectivity index (χ1n) is 8.97. The smallest absolute Gasteiger partial charge is 0.241 e. The molecule has 1 aromatic carbocycles. The number of amides is 1. The Kier molecular flexibility index (Phi) is 8.87. The number of nitrogens with zero attached hydrogens (tertiary/aromatic N) is 1. The van der Waals surface area contributed by atoms with Crippen LogP contribution < -0.4 is 20.3 Å². The van der Waals surface area contributed by atoms with Crippen LogP contribution in [0.1, 0.15) is 19.3 Å². The highest BCUT2D eigenvalue weighted by Crippen LogP contribution is 2.32. The molecule has 1 aromatic rings. The lowest BCUT2D eigenvalue weighted by atomic mass is 9.95. The second kappa shape index (κ2) is 10.0. The Morgan fingerprint density at radius 1 is 1.25 bits per heavy atom. The number of para-hydroxylation sites is 2. The van der Waals surface area contributed by atoms with Crippen molar-refractivity contribution in [2.45, 2.75) is 30.1 Å². The third-order valence-corrected chi connectivity index (χ3v) is 7.50. The summed E-state index contributed by atoms with van der Waals surface area (Å²) >= 11 is 0. The molecular weight excluding hydrogens is 425 g/mol. The molecule has 1 amide bonds. The third-order valence-electron chi connectivity index (χ3n) is 5.48. The topological polar surface area (TPSA) is 87.7 Å². The lowest BCUT2D eigenvalue weighted by Crippen LogP contribution is -2.59. The van der Waals surface area contributed by atoms with Gasteiger partial charge in [-0.1, -0.05) is 12.1 Å². The Bertz CT molecular complexity index is 770. The maximum atomic E-state index is 12.9. The van der Waals surface area contributed by atoms with E-state index in [1.54, 1.807) is 7.11 Å². The molecule has 7 nitrogen and oxygen atoms in total. The van der Waals surface area contributed by atoms with Crippen molar-refractivity contribution < 1.29 is 17.9 Å². The van der Waals surface area contributed by atoms with Crippen LogP contribution in [0.3, 0.4) is 0 Å². The quantitative estimate of drug-likeness (QED) is 0.700. The average molecular weight is 454 g/mol. The van der Waals surface area contributed by atoms with Crippen LogP contribution in [0, 0.1) is 0 Å². The van der Waals surface area contributed by atoms with E-state index in [0.29, 0.717) is 32.5 Å². The van der Waals surface area contributed by atoms with Crippen LogP contribution in [0.2, 0.25) is 0 Å². The minimum atomic E-state index is -3.49. The number of sulfone groups is 1. The largest absolute Gasteiger partial charge is 0.495 e. The predicted molar refractivity (Wildman–Crippen MR) is 116 cm³/mol. The van der Waals surface area contributed by atoms with Crippen molar-refractivity contribution in [3.63, 3.8) is 0 Å². The molecule has 28 heavy (non-hydrogen) atoms. The average Bonchev–Trinajstić information content (AvgIpc) is 3.09. The highest BCUT2D eigenvalue weighted by molar-refractivity contribution is 7.92. The van der Waals surface area contributed by atoms with Gasteiger partial charge in [0.2, 0.25) is 5.91 Å². The van der Waals surface area contributed by atoms with Gasteiger partial charge < -0.3 is 20.3 Å². The summed E-state index contributed by atoms with van der Waals surface area (Å²) < 4.78 is 28.9. The standard InChI is InChI=1S/C18H27N3O4S.2ClH/c1-25-16-6-4-3-5-15(16)21-12-7-14(13-21)20-17(22)18(26(2,23)24)8-10-19-11-9-18;;/h3-6,14,19H,7-13H2,1-2H3,(H,20,22);2*1H. The molecule has 160 valence electrons. The highest BCUT2D eigenvalue weighted by Gasteiger charge is 2.49. The highest BCUT2D eigenvalue weighted by atomic mass is 35.5. The fourth-order valence-corrected chi connectivity index (χ4v) is 5.24. The van der Waals surface area contributed by atoms with Crippen LogP contribution in [-0.2, 0) is 14.6 Å². The van der Waals surface area contributed by atoms with Gasteiger partial charge in [-0.15, -0.1) is 24.8 Å². The zero-order chi connectivity index (χ0) is 18.8. The molecule has 0 spiro atoms. The van der Waals surface area contributed by atoms with Gasteiger partial charge in [0.05, 0.1) is 12.8 Å². The van der Waals surface area contributed by atoms with Crippen LogP contribution in [-0.4, -0.2) is 64.7 Å². The van der Waals surface area contributed by atoms with Crippen LogP contribution >= 0.6 is 24.8 Å². The fraction of sp³-hybridized carbons (Fsp3) is 0.611. The van der Waals surface area contributed by atoms with Crippen molar-refractivity contribution in [1.82, 2.24) is 10.6 Å². The molecule has 10 heteroatoms. The SMILES string of the molecule is COc1ccccc1N1CCC(NC(=O)C2(S(C)(=O)=O)CCNCC2)C1.Cl.Cl. The van der Waals surface area contributed by atoms with Crippen molar-refractivity contribution >= 4 is 46.2 Å². The van der Waals surface area contributed by atoms with Crippen molar-refractivity contribution in [1.29, 1.82) is 0 Å². The van der Waals surface area contributed by atoms with Gasteiger partial charge in [-0.2, -0.15) is 0 Å². The third kappa shape index (κ3) is 4.84. The Hall–Kier alpha value is -1.22. The summed E-state index contributed by atoms with van der Waals surface area (Å²) in [5, 5.41) is 6.14.